The zero-order chi connectivity index (χ0) is 18.1. The quantitative estimate of drug-likeness (QED) is 0.727. The maximum Gasteiger partial charge on any atom is 0.224 e. The Kier molecular flexibility index (Phi) is 7.01. The van der Waals surface area contributed by atoms with Gasteiger partial charge < -0.3 is 15.5 Å². The lowest BCUT2D eigenvalue weighted by Crippen LogP contribution is -2.29. The molecule has 0 saturated carbocycles. The Morgan fingerprint density at radius 1 is 1.00 bits per heavy atom. The van der Waals surface area contributed by atoms with E-state index in [4.69, 9.17) is 0 Å². The summed E-state index contributed by atoms with van der Waals surface area (Å²) in [5.74, 6) is -0.0967. The van der Waals surface area contributed by atoms with E-state index in [0.29, 0.717) is 13.0 Å². The molecule has 2 N–H and O–H groups in total. The Hall–Kier alpha value is -2.82. The number of nitrogens with zero attached hydrogens (tertiary/aromatic N) is 1. The summed E-state index contributed by atoms with van der Waals surface area (Å²) in [5.41, 5.74) is 2.83. The van der Waals surface area contributed by atoms with Crippen LogP contribution in [0.3, 0.4) is 0 Å². The van der Waals surface area contributed by atoms with Gasteiger partial charge in [-0.15, -0.1) is 0 Å². The first-order valence-electron chi connectivity index (χ1n) is 8.44. The van der Waals surface area contributed by atoms with Gasteiger partial charge in [-0.2, -0.15) is 0 Å². The molecule has 2 rings (SSSR count). The third-order valence-electron chi connectivity index (χ3n) is 3.83. The molecule has 5 nitrogen and oxygen atoms in total. The van der Waals surface area contributed by atoms with Gasteiger partial charge in [0, 0.05) is 38.4 Å². The van der Waals surface area contributed by atoms with Crippen molar-refractivity contribution in [2.24, 2.45) is 0 Å². The molecular formula is C20H25N3O2. The highest BCUT2D eigenvalue weighted by molar-refractivity contribution is 5.88. The smallest absolute Gasteiger partial charge is 0.224 e. The first-order valence-corrected chi connectivity index (χ1v) is 8.44. The van der Waals surface area contributed by atoms with Crippen molar-refractivity contribution in [2.75, 3.05) is 30.4 Å². The Morgan fingerprint density at radius 2 is 1.68 bits per heavy atom. The molecule has 25 heavy (non-hydrogen) atoms. The molecule has 0 saturated heterocycles. The van der Waals surface area contributed by atoms with Crippen LogP contribution in [0.15, 0.2) is 54.6 Å². The van der Waals surface area contributed by atoms with E-state index >= 15 is 0 Å². The summed E-state index contributed by atoms with van der Waals surface area (Å²) < 4.78 is 0. The molecule has 0 radical (unpaired) electrons. The number of rotatable bonds is 8. The Balaban J connectivity index is 1.67. The largest absolute Gasteiger partial charge is 0.375 e. The van der Waals surface area contributed by atoms with Gasteiger partial charge in [0.15, 0.2) is 0 Å². The van der Waals surface area contributed by atoms with Crippen molar-refractivity contribution in [3.05, 3.63) is 60.2 Å². The zero-order valence-corrected chi connectivity index (χ0v) is 14.8. The zero-order valence-electron chi connectivity index (χ0n) is 14.8. The minimum Gasteiger partial charge on any atom is -0.375 e. The lowest BCUT2D eigenvalue weighted by molar-refractivity contribution is -0.120. The molecule has 0 aliphatic carbocycles. The number of amides is 2. The average molecular weight is 339 g/mol. The van der Waals surface area contributed by atoms with Crippen LogP contribution in [0.1, 0.15) is 18.9 Å². The van der Waals surface area contributed by atoms with Gasteiger partial charge in [-0.05, 0) is 36.2 Å². The van der Waals surface area contributed by atoms with Gasteiger partial charge in [-0.1, -0.05) is 30.3 Å². The van der Waals surface area contributed by atoms with Crippen molar-refractivity contribution in [3.63, 3.8) is 0 Å². The van der Waals surface area contributed by atoms with E-state index in [2.05, 4.69) is 27.7 Å². The van der Waals surface area contributed by atoms with Crippen LogP contribution in [0.25, 0.3) is 0 Å². The summed E-state index contributed by atoms with van der Waals surface area (Å²) >= 11 is 0. The van der Waals surface area contributed by atoms with Crippen molar-refractivity contribution in [2.45, 2.75) is 19.8 Å². The van der Waals surface area contributed by atoms with Crippen LogP contribution in [0.4, 0.5) is 11.4 Å². The van der Waals surface area contributed by atoms with Crippen LogP contribution in [-0.4, -0.2) is 32.0 Å². The summed E-state index contributed by atoms with van der Waals surface area (Å²) in [6, 6.07) is 17.5. The summed E-state index contributed by atoms with van der Waals surface area (Å²) in [6.07, 6.45) is 1.23. The molecule has 132 valence electrons. The molecule has 0 spiro atoms. The predicted octanol–water partition coefficient (Wildman–Crippen LogP) is 2.83. The Morgan fingerprint density at radius 3 is 2.32 bits per heavy atom. The second-order valence-electron chi connectivity index (χ2n) is 6.02. The van der Waals surface area contributed by atoms with Gasteiger partial charge >= 0.3 is 0 Å². The molecule has 0 fully saturated rings. The molecule has 0 unspecified atom stereocenters. The van der Waals surface area contributed by atoms with Gasteiger partial charge in [-0.25, -0.2) is 0 Å². The maximum absolute atomic E-state index is 12.0. The van der Waals surface area contributed by atoms with Gasteiger partial charge in [0.05, 0.1) is 6.42 Å². The standard InChI is InChI=1S/C20H25N3O2/c1-16(24)22-18-11-9-17(10-12-18)15-20(25)21-13-6-14-23(2)19-7-4-3-5-8-19/h3-5,7-12H,6,13-15H2,1-2H3,(H,21,25)(H,22,24). The highest BCUT2D eigenvalue weighted by Crippen LogP contribution is 2.11. The highest BCUT2D eigenvalue weighted by Gasteiger charge is 2.04. The molecule has 0 aromatic heterocycles. The van der Waals surface area contributed by atoms with Crippen molar-refractivity contribution in [3.8, 4) is 0 Å². The fourth-order valence-corrected chi connectivity index (χ4v) is 2.51. The molecular weight excluding hydrogens is 314 g/mol. The van der Waals surface area contributed by atoms with Crippen molar-refractivity contribution in [1.82, 2.24) is 5.32 Å². The van der Waals surface area contributed by atoms with E-state index in [9.17, 15) is 9.59 Å². The van der Waals surface area contributed by atoms with Crippen LogP contribution in [-0.2, 0) is 16.0 Å². The Bertz CT molecular complexity index is 684. The molecule has 2 aromatic carbocycles. The predicted molar refractivity (Wildman–Crippen MR) is 102 cm³/mol. The number of hydrogen-bond acceptors (Lipinski definition) is 3. The summed E-state index contributed by atoms with van der Waals surface area (Å²) in [4.78, 5) is 25.2. The average Bonchev–Trinajstić information content (AvgIpc) is 2.60. The second kappa shape index (κ2) is 9.47. The third kappa shape index (κ3) is 6.67. The minimum atomic E-state index is -0.106. The van der Waals surface area contributed by atoms with Crippen LogP contribution >= 0.6 is 0 Å². The number of carbonyl (C=O) groups is 2. The van der Waals surface area contributed by atoms with Gasteiger partial charge in [0.1, 0.15) is 0 Å². The van der Waals surface area contributed by atoms with E-state index in [1.54, 1.807) is 12.1 Å². The molecule has 0 aliphatic rings. The van der Waals surface area contributed by atoms with Gasteiger partial charge in [-0.3, -0.25) is 9.59 Å². The number of nitrogens with one attached hydrogen (secondary N) is 2. The minimum absolute atomic E-state index is 0.00893. The van der Waals surface area contributed by atoms with Crippen LogP contribution in [0.2, 0.25) is 0 Å². The third-order valence-corrected chi connectivity index (χ3v) is 3.83. The Labute approximate surface area is 149 Å². The van der Waals surface area contributed by atoms with E-state index in [1.165, 1.54) is 12.6 Å². The highest BCUT2D eigenvalue weighted by atomic mass is 16.2. The van der Waals surface area contributed by atoms with Crippen molar-refractivity contribution < 1.29 is 9.59 Å². The first-order chi connectivity index (χ1) is 12.0. The fraction of sp³-hybridized carbons (Fsp3) is 0.300. The summed E-state index contributed by atoms with van der Waals surface area (Å²) in [7, 11) is 2.05. The lowest BCUT2D eigenvalue weighted by atomic mass is 10.1. The molecule has 2 amide bonds. The van der Waals surface area contributed by atoms with Crippen LogP contribution in [0.5, 0.6) is 0 Å². The molecule has 0 aliphatic heterocycles. The van der Waals surface area contributed by atoms with E-state index < -0.39 is 0 Å². The first kappa shape index (κ1) is 18.5. The molecule has 2 aromatic rings. The lowest BCUT2D eigenvalue weighted by Gasteiger charge is -2.19. The van der Waals surface area contributed by atoms with E-state index in [0.717, 1.165) is 24.2 Å². The number of anilines is 2. The molecule has 0 atom stereocenters. The number of para-hydroxylation sites is 1. The molecule has 5 heteroatoms. The fourth-order valence-electron chi connectivity index (χ4n) is 2.51. The summed E-state index contributed by atoms with van der Waals surface area (Å²) in [5, 5.41) is 5.66. The number of hydrogen-bond donors (Lipinski definition) is 2. The van der Waals surface area contributed by atoms with Crippen LogP contribution in [0, 0.1) is 0 Å². The van der Waals surface area contributed by atoms with E-state index in [1.807, 2.05) is 37.4 Å². The topological polar surface area (TPSA) is 61.4 Å². The summed E-state index contributed by atoms with van der Waals surface area (Å²) in [6.45, 7) is 3.01. The van der Waals surface area contributed by atoms with Gasteiger partial charge in [0.2, 0.25) is 11.8 Å². The van der Waals surface area contributed by atoms with Crippen molar-refractivity contribution >= 4 is 23.2 Å². The SMILES string of the molecule is CC(=O)Nc1ccc(CC(=O)NCCCN(C)c2ccccc2)cc1. The molecule has 0 heterocycles. The van der Waals surface area contributed by atoms with Crippen molar-refractivity contribution in [1.29, 1.82) is 0 Å². The maximum atomic E-state index is 12.0. The van der Waals surface area contributed by atoms with Crippen LogP contribution < -0.4 is 15.5 Å². The monoisotopic (exact) mass is 339 g/mol. The van der Waals surface area contributed by atoms with Gasteiger partial charge in [0.25, 0.3) is 0 Å². The number of carbonyl (C=O) groups excluding carboxylic acids is 2. The molecule has 0 bridgehead atoms. The number of benzene rings is 2. The van der Waals surface area contributed by atoms with E-state index in [-0.39, 0.29) is 11.8 Å². The second-order valence-corrected chi connectivity index (χ2v) is 6.02. The normalized spacial score (nSPS) is 10.2.